The van der Waals surface area contributed by atoms with Crippen LogP contribution in [-0.4, -0.2) is 9.55 Å². The van der Waals surface area contributed by atoms with Crippen LogP contribution in [0.3, 0.4) is 0 Å². The van der Waals surface area contributed by atoms with Gasteiger partial charge in [-0.3, -0.25) is 9.36 Å². The van der Waals surface area contributed by atoms with Gasteiger partial charge in [-0.1, -0.05) is 30.3 Å². The standard InChI is InChI=1S/C20H18N4OS/c1-3-14(9-17-10-19(25)24(2)20(22)23-17)15-4-6-16(7-5-15)18-8-13(11-21)12-26-18/h3-8,10,12,14H,1,9H2,2H3,(H2,22,23). The van der Waals surface area contributed by atoms with Gasteiger partial charge < -0.3 is 5.73 Å². The van der Waals surface area contributed by atoms with Crippen molar-refractivity contribution in [3.8, 4) is 16.5 Å². The highest BCUT2D eigenvalue weighted by Crippen LogP contribution is 2.29. The Balaban J connectivity index is 1.83. The first-order chi connectivity index (χ1) is 12.5. The number of hydrogen-bond donors (Lipinski definition) is 1. The van der Waals surface area contributed by atoms with E-state index in [9.17, 15) is 4.79 Å². The highest BCUT2D eigenvalue weighted by atomic mass is 32.1. The van der Waals surface area contributed by atoms with Crippen LogP contribution in [-0.2, 0) is 13.5 Å². The van der Waals surface area contributed by atoms with Gasteiger partial charge in [-0.05, 0) is 17.2 Å². The minimum Gasteiger partial charge on any atom is -0.369 e. The fourth-order valence-electron chi connectivity index (χ4n) is 2.71. The van der Waals surface area contributed by atoms with E-state index in [1.807, 2.05) is 41.8 Å². The number of allylic oxidation sites excluding steroid dienone is 1. The molecule has 0 radical (unpaired) electrons. The number of thiophene rings is 1. The summed E-state index contributed by atoms with van der Waals surface area (Å²) in [7, 11) is 1.60. The molecule has 2 heterocycles. The van der Waals surface area contributed by atoms with Crippen molar-refractivity contribution < 1.29 is 0 Å². The van der Waals surface area contributed by atoms with E-state index in [1.165, 1.54) is 10.6 Å². The van der Waals surface area contributed by atoms with Gasteiger partial charge in [-0.25, -0.2) is 4.98 Å². The van der Waals surface area contributed by atoms with Gasteiger partial charge in [-0.2, -0.15) is 5.26 Å². The smallest absolute Gasteiger partial charge is 0.254 e. The van der Waals surface area contributed by atoms with Crippen molar-refractivity contribution in [2.75, 3.05) is 5.73 Å². The normalized spacial score (nSPS) is 11.7. The van der Waals surface area contributed by atoms with Crippen molar-refractivity contribution >= 4 is 17.3 Å². The van der Waals surface area contributed by atoms with E-state index < -0.39 is 0 Å². The van der Waals surface area contributed by atoms with Crippen LogP contribution < -0.4 is 11.3 Å². The molecule has 5 nitrogen and oxygen atoms in total. The first kappa shape index (κ1) is 17.6. The maximum atomic E-state index is 11.9. The molecule has 0 bridgehead atoms. The number of anilines is 1. The summed E-state index contributed by atoms with van der Waals surface area (Å²) in [5.41, 5.74) is 9.09. The van der Waals surface area contributed by atoms with Crippen LogP contribution in [0.4, 0.5) is 5.95 Å². The van der Waals surface area contributed by atoms with Gasteiger partial charge in [-0.15, -0.1) is 17.9 Å². The minimum atomic E-state index is -0.170. The molecule has 0 spiro atoms. The molecular formula is C20H18N4OS. The lowest BCUT2D eigenvalue weighted by molar-refractivity contribution is 0.771. The zero-order valence-corrected chi connectivity index (χ0v) is 15.2. The predicted molar refractivity (Wildman–Crippen MR) is 105 cm³/mol. The molecule has 0 amide bonds. The Hall–Kier alpha value is -3.17. The number of nitrogen functional groups attached to an aromatic ring is 1. The molecule has 0 aliphatic carbocycles. The number of hydrogen-bond acceptors (Lipinski definition) is 5. The van der Waals surface area contributed by atoms with Gasteiger partial charge in [0.25, 0.3) is 5.56 Å². The van der Waals surface area contributed by atoms with Crippen LogP contribution in [0.2, 0.25) is 0 Å². The second kappa shape index (κ2) is 7.38. The zero-order chi connectivity index (χ0) is 18.7. The lowest BCUT2D eigenvalue weighted by Crippen LogP contribution is -2.22. The molecule has 0 saturated carbocycles. The maximum absolute atomic E-state index is 11.9. The van der Waals surface area contributed by atoms with Crippen molar-refractivity contribution in [3.05, 3.63) is 81.6 Å². The Kier molecular flexibility index (Phi) is 5.01. The number of rotatable bonds is 5. The Morgan fingerprint density at radius 3 is 2.69 bits per heavy atom. The van der Waals surface area contributed by atoms with Crippen molar-refractivity contribution in [1.29, 1.82) is 5.26 Å². The Morgan fingerprint density at radius 1 is 1.38 bits per heavy atom. The lowest BCUT2D eigenvalue weighted by atomic mass is 9.93. The quantitative estimate of drug-likeness (QED) is 0.704. The molecule has 0 aliphatic rings. The van der Waals surface area contributed by atoms with Crippen LogP contribution >= 0.6 is 11.3 Å². The molecule has 3 rings (SSSR count). The topological polar surface area (TPSA) is 84.7 Å². The number of nitriles is 1. The van der Waals surface area contributed by atoms with Gasteiger partial charge in [0, 0.05) is 35.7 Å². The monoisotopic (exact) mass is 362 g/mol. The average molecular weight is 362 g/mol. The highest BCUT2D eigenvalue weighted by molar-refractivity contribution is 7.13. The minimum absolute atomic E-state index is 0.0288. The largest absolute Gasteiger partial charge is 0.369 e. The van der Waals surface area contributed by atoms with Crippen molar-refractivity contribution in [2.24, 2.45) is 7.05 Å². The molecule has 2 N–H and O–H groups in total. The van der Waals surface area contributed by atoms with Crippen molar-refractivity contribution in [3.63, 3.8) is 0 Å². The lowest BCUT2D eigenvalue weighted by Gasteiger charge is -2.14. The Labute approximate surface area is 155 Å². The van der Waals surface area contributed by atoms with E-state index in [0.717, 1.165) is 16.0 Å². The Bertz CT molecular complexity index is 1040. The first-order valence-electron chi connectivity index (χ1n) is 8.05. The number of nitrogens with zero attached hydrogens (tertiary/aromatic N) is 3. The molecule has 6 heteroatoms. The van der Waals surface area contributed by atoms with E-state index in [2.05, 4.69) is 17.6 Å². The van der Waals surface area contributed by atoms with E-state index in [1.54, 1.807) is 18.4 Å². The molecule has 0 fully saturated rings. The maximum Gasteiger partial charge on any atom is 0.254 e. The number of nitrogens with two attached hydrogens (primary N) is 1. The molecule has 1 atom stereocenters. The van der Waals surface area contributed by atoms with Gasteiger partial charge in [0.2, 0.25) is 5.95 Å². The van der Waals surface area contributed by atoms with Crippen LogP contribution in [0, 0.1) is 11.3 Å². The Morgan fingerprint density at radius 2 is 2.12 bits per heavy atom. The third-order valence-corrected chi connectivity index (χ3v) is 5.27. The third-order valence-electron chi connectivity index (χ3n) is 4.29. The number of aromatic nitrogens is 2. The molecule has 130 valence electrons. The van der Waals surface area contributed by atoms with Crippen LogP contribution in [0.1, 0.15) is 22.7 Å². The summed E-state index contributed by atoms with van der Waals surface area (Å²) in [5.74, 6) is 0.234. The van der Waals surface area contributed by atoms with Gasteiger partial charge in [0.05, 0.1) is 11.3 Å². The predicted octanol–water partition coefficient (Wildman–Crippen LogP) is 3.47. The van der Waals surface area contributed by atoms with Gasteiger partial charge in [0.1, 0.15) is 6.07 Å². The zero-order valence-electron chi connectivity index (χ0n) is 14.3. The average Bonchev–Trinajstić information content (AvgIpc) is 3.13. The van der Waals surface area contributed by atoms with E-state index in [0.29, 0.717) is 17.7 Å². The summed E-state index contributed by atoms with van der Waals surface area (Å²) >= 11 is 1.55. The molecule has 1 aromatic carbocycles. The first-order valence-corrected chi connectivity index (χ1v) is 8.93. The summed E-state index contributed by atoms with van der Waals surface area (Å²) in [5, 5.41) is 10.8. The van der Waals surface area contributed by atoms with Gasteiger partial charge in [0.15, 0.2) is 0 Å². The van der Waals surface area contributed by atoms with Crippen molar-refractivity contribution in [1.82, 2.24) is 9.55 Å². The summed E-state index contributed by atoms with van der Waals surface area (Å²) in [6, 6.07) is 13.7. The summed E-state index contributed by atoms with van der Waals surface area (Å²) in [6.07, 6.45) is 2.41. The molecule has 2 aromatic heterocycles. The fourth-order valence-corrected chi connectivity index (χ4v) is 3.56. The SMILES string of the molecule is C=CC(Cc1cc(=O)n(C)c(N)n1)c1ccc(-c2cc(C#N)cs2)cc1. The summed E-state index contributed by atoms with van der Waals surface area (Å²) in [6.45, 7) is 3.91. The molecular weight excluding hydrogens is 344 g/mol. The summed E-state index contributed by atoms with van der Waals surface area (Å²) in [4.78, 5) is 17.2. The third kappa shape index (κ3) is 3.58. The summed E-state index contributed by atoms with van der Waals surface area (Å²) < 4.78 is 1.32. The fraction of sp³-hybridized carbons (Fsp3) is 0.150. The van der Waals surface area contributed by atoms with Crippen LogP contribution in [0.15, 0.2) is 59.2 Å². The molecule has 1 unspecified atom stereocenters. The van der Waals surface area contributed by atoms with Crippen molar-refractivity contribution in [2.45, 2.75) is 12.3 Å². The van der Waals surface area contributed by atoms with Crippen LogP contribution in [0.25, 0.3) is 10.4 Å². The van der Waals surface area contributed by atoms with E-state index >= 15 is 0 Å². The highest BCUT2D eigenvalue weighted by Gasteiger charge is 2.12. The molecule has 3 aromatic rings. The van der Waals surface area contributed by atoms with E-state index in [-0.39, 0.29) is 17.4 Å². The van der Waals surface area contributed by atoms with Gasteiger partial charge >= 0.3 is 0 Å². The molecule has 0 aliphatic heterocycles. The second-order valence-corrected chi connectivity index (χ2v) is 6.89. The van der Waals surface area contributed by atoms with E-state index in [4.69, 9.17) is 11.0 Å². The number of benzene rings is 1. The molecule has 0 saturated heterocycles. The second-order valence-electron chi connectivity index (χ2n) is 5.98. The molecule has 26 heavy (non-hydrogen) atoms. The van der Waals surface area contributed by atoms with Crippen LogP contribution in [0.5, 0.6) is 0 Å².